The van der Waals surface area contributed by atoms with Gasteiger partial charge in [-0.3, -0.25) is 4.90 Å². The molecular weight excluding hydrogens is 396 g/mol. The summed E-state index contributed by atoms with van der Waals surface area (Å²) in [5.74, 6) is 0.0607. The lowest BCUT2D eigenvalue weighted by atomic mass is 10.1. The zero-order valence-corrected chi connectivity index (χ0v) is 17.6. The Morgan fingerprint density at radius 2 is 2.06 bits per heavy atom. The van der Waals surface area contributed by atoms with Gasteiger partial charge >= 0.3 is 0 Å². The van der Waals surface area contributed by atoms with Gasteiger partial charge < -0.3 is 10.6 Å². The zero-order chi connectivity index (χ0) is 21.6. The summed E-state index contributed by atoms with van der Waals surface area (Å²) in [5.41, 5.74) is 3.17. The highest BCUT2D eigenvalue weighted by Crippen LogP contribution is 2.23. The summed E-state index contributed by atoms with van der Waals surface area (Å²) in [4.78, 5) is 11.1. The van der Waals surface area contributed by atoms with Crippen LogP contribution in [0.25, 0.3) is 11.3 Å². The second-order valence-corrected chi connectivity index (χ2v) is 7.90. The molecule has 1 aliphatic heterocycles. The molecule has 0 aliphatic carbocycles. The van der Waals surface area contributed by atoms with Crippen molar-refractivity contribution >= 4 is 5.95 Å². The van der Waals surface area contributed by atoms with Gasteiger partial charge in [0.1, 0.15) is 11.6 Å². The van der Waals surface area contributed by atoms with Crippen molar-refractivity contribution in [2.24, 2.45) is 0 Å². The van der Waals surface area contributed by atoms with Crippen LogP contribution in [0.15, 0.2) is 54.7 Å². The molecule has 4 rings (SSSR count). The van der Waals surface area contributed by atoms with Crippen LogP contribution in [0.4, 0.5) is 14.7 Å². The third-order valence-electron chi connectivity index (χ3n) is 5.60. The van der Waals surface area contributed by atoms with Crippen molar-refractivity contribution in [2.45, 2.75) is 25.9 Å². The van der Waals surface area contributed by atoms with E-state index in [4.69, 9.17) is 0 Å². The number of benzene rings is 2. The molecular formula is C24H27F2N5. The Hall–Kier alpha value is -2.90. The minimum Gasteiger partial charge on any atom is -0.354 e. The summed E-state index contributed by atoms with van der Waals surface area (Å²) in [5, 5.41) is 6.55. The summed E-state index contributed by atoms with van der Waals surface area (Å²) in [6, 6.07) is 13.9. The molecule has 1 saturated heterocycles. The van der Waals surface area contributed by atoms with Gasteiger partial charge in [-0.25, -0.2) is 18.7 Å². The lowest BCUT2D eigenvalue weighted by Gasteiger charge is -2.34. The zero-order valence-electron chi connectivity index (χ0n) is 17.6. The molecule has 162 valence electrons. The van der Waals surface area contributed by atoms with Crippen LogP contribution < -0.4 is 10.6 Å². The van der Waals surface area contributed by atoms with Gasteiger partial charge in [-0.1, -0.05) is 12.1 Å². The van der Waals surface area contributed by atoms with Crippen LogP contribution in [0.1, 0.15) is 18.1 Å². The van der Waals surface area contributed by atoms with Crippen LogP contribution in [-0.4, -0.2) is 47.1 Å². The number of halogens is 2. The normalized spacial score (nSPS) is 16.9. The van der Waals surface area contributed by atoms with Crippen molar-refractivity contribution in [1.82, 2.24) is 20.2 Å². The Labute approximate surface area is 181 Å². The highest BCUT2D eigenvalue weighted by Gasteiger charge is 2.19. The first-order chi connectivity index (χ1) is 15.1. The monoisotopic (exact) mass is 423 g/mol. The molecule has 31 heavy (non-hydrogen) atoms. The van der Waals surface area contributed by atoms with E-state index in [2.05, 4.69) is 32.4 Å². The van der Waals surface area contributed by atoms with Crippen molar-refractivity contribution in [3.8, 4) is 11.3 Å². The molecule has 1 aromatic heterocycles. The fourth-order valence-corrected chi connectivity index (χ4v) is 3.81. The van der Waals surface area contributed by atoms with E-state index in [1.807, 2.05) is 18.2 Å². The SMILES string of the molecule is CC1CNCCN1Cc1cc(-c2ccnc(NCCc3cccc(F)c3)n2)ccc1F. The first kappa shape index (κ1) is 21.3. The highest BCUT2D eigenvalue weighted by atomic mass is 19.1. The first-order valence-electron chi connectivity index (χ1n) is 10.6. The van der Waals surface area contributed by atoms with Crippen molar-refractivity contribution in [1.29, 1.82) is 0 Å². The Morgan fingerprint density at radius 1 is 1.16 bits per heavy atom. The molecule has 1 unspecified atom stereocenters. The largest absolute Gasteiger partial charge is 0.354 e. The fourth-order valence-electron chi connectivity index (χ4n) is 3.81. The predicted molar refractivity (Wildman–Crippen MR) is 119 cm³/mol. The van der Waals surface area contributed by atoms with Gasteiger partial charge in [0.2, 0.25) is 5.95 Å². The van der Waals surface area contributed by atoms with Crippen molar-refractivity contribution in [3.63, 3.8) is 0 Å². The Balaban J connectivity index is 1.44. The number of nitrogens with one attached hydrogen (secondary N) is 2. The van der Waals surface area contributed by atoms with Gasteiger partial charge in [0.15, 0.2) is 0 Å². The molecule has 1 aliphatic rings. The molecule has 5 nitrogen and oxygen atoms in total. The summed E-state index contributed by atoms with van der Waals surface area (Å²) in [6.45, 7) is 6.05. The predicted octanol–water partition coefficient (Wildman–Crippen LogP) is 3.87. The number of anilines is 1. The maximum Gasteiger partial charge on any atom is 0.223 e. The fraction of sp³-hybridized carbons (Fsp3) is 0.333. The lowest BCUT2D eigenvalue weighted by Crippen LogP contribution is -2.49. The molecule has 1 fully saturated rings. The molecule has 7 heteroatoms. The summed E-state index contributed by atoms with van der Waals surface area (Å²) >= 11 is 0. The lowest BCUT2D eigenvalue weighted by molar-refractivity contribution is 0.164. The van der Waals surface area contributed by atoms with Gasteiger partial charge in [0.25, 0.3) is 0 Å². The average Bonchev–Trinajstić information content (AvgIpc) is 2.77. The molecule has 2 N–H and O–H groups in total. The third-order valence-corrected chi connectivity index (χ3v) is 5.60. The van der Waals surface area contributed by atoms with Crippen LogP contribution in [-0.2, 0) is 13.0 Å². The van der Waals surface area contributed by atoms with Crippen molar-refractivity contribution < 1.29 is 8.78 Å². The molecule has 0 amide bonds. The van der Waals surface area contributed by atoms with E-state index in [-0.39, 0.29) is 11.6 Å². The summed E-state index contributed by atoms with van der Waals surface area (Å²) in [7, 11) is 0. The van der Waals surface area contributed by atoms with Crippen LogP contribution in [0.2, 0.25) is 0 Å². The van der Waals surface area contributed by atoms with Crippen LogP contribution in [0, 0.1) is 11.6 Å². The second-order valence-electron chi connectivity index (χ2n) is 7.90. The summed E-state index contributed by atoms with van der Waals surface area (Å²) < 4.78 is 27.8. The standard InChI is InChI=1S/C24H27F2N5/c1-17-15-27-11-12-31(17)16-20-14-19(5-6-22(20)26)23-8-10-29-24(30-23)28-9-7-18-3-2-4-21(25)13-18/h2-6,8,10,13-14,17,27H,7,9,11-12,15-16H2,1H3,(H,28,29,30). The first-order valence-corrected chi connectivity index (χ1v) is 10.6. The van der Waals surface area contributed by atoms with Gasteiger partial charge in [-0.05, 0) is 55.3 Å². The maximum atomic E-state index is 14.5. The molecule has 0 bridgehead atoms. The number of rotatable bonds is 7. The quantitative estimate of drug-likeness (QED) is 0.604. The van der Waals surface area contributed by atoms with E-state index < -0.39 is 0 Å². The molecule has 3 aromatic rings. The van der Waals surface area contributed by atoms with E-state index in [9.17, 15) is 8.78 Å². The van der Waals surface area contributed by atoms with Gasteiger partial charge in [-0.2, -0.15) is 0 Å². The Morgan fingerprint density at radius 3 is 2.90 bits per heavy atom. The van der Waals surface area contributed by atoms with Crippen LogP contribution >= 0.6 is 0 Å². The topological polar surface area (TPSA) is 53.1 Å². The minimum atomic E-state index is -0.238. The van der Waals surface area contributed by atoms with Gasteiger partial charge in [0.05, 0.1) is 5.69 Å². The molecule has 2 heterocycles. The van der Waals surface area contributed by atoms with E-state index in [1.54, 1.807) is 18.3 Å². The number of piperazine rings is 1. The van der Waals surface area contributed by atoms with Gasteiger partial charge in [-0.15, -0.1) is 0 Å². The number of hydrogen-bond donors (Lipinski definition) is 2. The average molecular weight is 424 g/mol. The smallest absolute Gasteiger partial charge is 0.223 e. The Bertz CT molecular complexity index is 1030. The van der Waals surface area contributed by atoms with Gasteiger partial charge in [0, 0.05) is 56.1 Å². The van der Waals surface area contributed by atoms with Crippen LogP contribution in [0.3, 0.4) is 0 Å². The molecule has 2 aromatic carbocycles. The van der Waals surface area contributed by atoms with Crippen molar-refractivity contribution in [3.05, 3.63) is 77.5 Å². The number of aromatic nitrogens is 2. The molecule has 0 radical (unpaired) electrons. The molecule has 0 saturated carbocycles. The van der Waals surface area contributed by atoms with Crippen molar-refractivity contribution in [2.75, 3.05) is 31.5 Å². The van der Waals surface area contributed by atoms with E-state index in [1.165, 1.54) is 18.2 Å². The summed E-state index contributed by atoms with van der Waals surface area (Å²) in [6.07, 6.45) is 2.35. The minimum absolute atomic E-state index is 0.197. The maximum absolute atomic E-state index is 14.5. The second kappa shape index (κ2) is 9.94. The molecule has 1 atom stereocenters. The molecule has 0 spiro atoms. The van der Waals surface area contributed by atoms with E-state index in [0.717, 1.165) is 36.5 Å². The Kier molecular flexibility index (Phi) is 6.84. The van der Waals surface area contributed by atoms with Crippen LogP contribution in [0.5, 0.6) is 0 Å². The number of nitrogens with zero attached hydrogens (tertiary/aromatic N) is 3. The van der Waals surface area contributed by atoms with E-state index >= 15 is 0 Å². The number of hydrogen-bond acceptors (Lipinski definition) is 5. The van der Waals surface area contributed by atoms with E-state index in [0.29, 0.717) is 37.1 Å². The third kappa shape index (κ3) is 5.62. The highest BCUT2D eigenvalue weighted by molar-refractivity contribution is 5.61.